The van der Waals surface area contributed by atoms with Gasteiger partial charge < -0.3 is 19.0 Å². The average Bonchev–Trinajstić information content (AvgIpc) is 2.53. The van der Waals surface area contributed by atoms with Crippen LogP contribution in [0.1, 0.15) is 46.6 Å². The predicted octanol–water partition coefficient (Wildman–Crippen LogP) is 3.75. The number of carbonyl (C=O) groups excluding carboxylic acids is 3. The summed E-state index contributed by atoms with van der Waals surface area (Å²) in [5.74, 6) is -0.274. The molecule has 0 unspecified atom stereocenters. The summed E-state index contributed by atoms with van der Waals surface area (Å²) < 4.78 is 13.8. The Bertz CT molecular complexity index is 453. The number of carbonyl (C=O) groups is 3. The van der Waals surface area contributed by atoms with Crippen molar-refractivity contribution >= 4 is 17.7 Å². The molecule has 0 saturated carbocycles. The molecule has 0 saturated heterocycles. The number of ketones is 1. The first-order valence-electron chi connectivity index (χ1n) is 8.41. The third-order valence-electron chi connectivity index (χ3n) is 2.09. The summed E-state index contributed by atoms with van der Waals surface area (Å²) in [5, 5.41) is 0. The van der Waals surface area contributed by atoms with Gasteiger partial charge in [-0.05, 0) is 27.7 Å². The molecule has 1 aromatic carbocycles. The number of aryl methyl sites for hydroxylation is 1. The van der Waals surface area contributed by atoms with Crippen LogP contribution in [0.5, 0.6) is 0 Å². The van der Waals surface area contributed by atoms with Gasteiger partial charge in [0.15, 0.2) is 0 Å². The first-order valence-corrected chi connectivity index (χ1v) is 8.41. The van der Waals surface area contributed by atoms with E-state index in [1.807, 2.05) is 18.2 Å². The van der Waals surface area contributed by atoms with E-state index in [1.165, 1.54) is 33.3 Å². The van der Waals surface area contributed by atoms with Crippen molar-refractivity contribution < 1.29 is 28.6 Å². The minimum atomic E-state index is -0.230. The van der Waals surface area contributed by atoms with Crippen LogP contribution in [0.3, 0.4) is 0 Å². The van der Waals surface area contributed by atoms with Gasteiger partial charge in [0.05, 0.1) is 13.2 Å². The maximum absolute atomic E-state index is 10.1. The van der Waals surface area contributed by atoms with Crippen LogP contribution in [0, 0.1) is 6.92 Å². The van der Waals surface area contributed by atoms with Gasteiger partial charge in [0.25, 0.3) is 0 Å². The Morgan fingerprint density at radius 3 is 1.54 bits per heavy atom. The first-order chi connectivity index (χ1) is 12.2. The van der Waals surface area contributed by atoms with Gasteiger partial charge in [-0.3, -0.25) is 9.59 Å². The van der Waals surface area contributed by atoms with Crippen LogP contribution in [0.4, 0.5) is 0 Å². The predicted molar refractivity (Wildman–Crippen MR) is 103 cm³/mol. The van der Waals surface area contributed by atoms with Crippen molar-refractivity contribution in [3.8, 4) is 0 Å². The molecular weight excluding hydrogens is 336 g/mol. The zero-order valence-electron chi connectivity index (χ0n) is 17.2. The molecule has 1 rings (SSSR count). The van der Waals surface area contributed by atoms with Crippen LogP contribution in [0.25, 0.3) is 0 Å². The Labute approximate surface area is 157 Å². The lowest BCUT2D eigenvalue weighted by molar-refractivity contribution is -0.141. The van der Waals surface area contributed by atoms with E-state index >= 15 is 0 Å². The second kappa shape index (κ2) is 22.8. The first kappa shape index (κ1) is 28.6. The van der Waals surface area contributed by atoms with Gasteiger partial charge in [0.1, 0.15) is 5.78 Å². The molecule has 0 radical (unpaired) electrons. The highest BCUT2D eigenvalue weighted by atomic mass is 16.5. The highest BCUT2D eigenvalue weighted by Gasteiger charge is 1.90. The van der Waals surface area contributed by atoms with Gasteiger partial charge in [0.2, 0.25) is 0 Å². The fourth-order valence-electron chi connectivity index (χ4n) is 1.16. The molecule has 26 heavy (non-hydrogen) atoms. The van der Waals surface area contributed by atoms with Crippen LogP contribution in [-0.4, -0.2) is 44.7 Å². The van der Waals surface area contributed by atoms with Crippen LogP contribution in [-0.2, 0) is 28.6 Å². The summed E-state index contributed by atoms with van der Waals surface area (Å²) in [4.78, 5) is 29.4. The maximum atomic E-state index is 10.1. The summed E-state index contributed by atoms with van der Waals surface area (Å²) in [5.41, 5.74) is 1.32. The molecule has 150 valence electrons. The second-order valence-corrected chi connectivity index (χ2v) is 5.17. The van der Waals surface area contributed by atoms with E-state index < -0.39 is 0 Å². The van der Waals surface area contributed by atoms with Crippen molar-refractivity contribution in [2.45, 2.75) is 48.0 Å². The fourth-order valence-corrected chi connectivity index (χ4v) is 1.16. The van der Waals surface area contributed by atoms with Crippen molar-refractivity contribution in [2.24, 2.45) is 0 Å². The number of Topliss-reactive ketones (excluding diaryl/α,β-unsaturated/α-hetero) is 1. The molecule has 0 heterocycles. The number of rotatable bonds is 5. The van der Waals surface area contributed by atoms with E-state index in [-0.39, 0.29) is 17.7 Å². The van der Waals surface area contributed by atoms with Gasteiger partial charge in [0, 0.05) is 34.0 Å². The minimum Gasteiger partial charge on any atom is -0.466 e. The SMILES string of the molecule is CC(C)=O.CCOC(C)=O.COCCCOC(C)=O.Cc1ccccc1. The lowest BCUT2D eigenvalue weighted by Crippen LogP contribution is -2.02. The van der Waals surface area contributed by atoms with Gasteiger partial charge >= 0.3 is 11.9 Å². The molecule has 1 aromatic rings. The Hall–Kier alpha value is -2.21. The molecule has 0 aliphatic heterocycles. The standard InChI is InChI=1S/C7H8.C6H12O3.C4H8O2.C3H6O/c1-7-5-3-2-4-6-7;1-6(7)9-5-3-4-8-2;1-3-6-4(2)5;1-3(2)4/h2-6H,1H3;3-5H2,1-2H3;3H2,1-2H3;1-2H3. The molecule has 0 spiro atoms. The fraction of sp³-hybridized carbons (Fsp3) is 0.550. The molecule has 0 bridgehead atoms. The van der Waals surface area contributed by atoms with Gasteiger partial charge in [-0.2, -0.15) is 0 Å². The lowest BCUT2D eigenvalue weighted by Gasteiger charge is -1.98. The van der Waals surface area contributed by atoms with E-state index in [2.05, 4.69) is 28.5 Å². The van der Waals surface area contributed by atoms with E-state index in [4.69, 9.17) is 4.74 Å². The molecular formula is C20H34O6. The monoisotopic (exact) mass is 370 g/mol. The third kappa shape index (κ3) is 43.1. The van der Waals surface area contributed by atoms with E-state index in [9.17, 15) is 14.4 Å². The molecule has 6 heteroatoms. The molecule has 6 nitrogen and oxygen atoms in total. The minimum absolute atomic E-state index is 0.167. The van der Waals surface area contributed by atoms with Crippen molar-refractivity contribution in [1.82, 2.24) is 0 Å². The Kier molecular flexibility index (Phi) is 25.1. The highest BCUT2D eigenvalue weighted by Crippen LogP contribution is 1.92. The Morgan fingerprint density at radius 2 is 1.31 bits per heavy atom. The van der Waals surface area contributed by atoms with Crippen LogP contribution >= 0.6 is 0 Å². The van der Waals surface area contributed by atoms with E-state index in [1.54, 1.807) is 14.0 Å². The molecule has 0 atom stereocenters. The van der Waals surface area contributed by atoms with Crippen LogP contribution < -0.4 is 0 Å². The summed E-state index contributed by atoms with van der Waals surface area (Å²) >= 11 is 0. The van der Waals surface area contributed by atoms with Crippen molar-refractivity contribution in [1.29, 1.82) is 0 Å². The smallest absolute Gasteiger partial charge is 0.302 e. The van der Waals surface area contributed by atoms with E-state index in [0.29, 0.717) is 19.8 Å². The number of methoxy groups -OCH3 is 1. The number of hydrogen-bond donors (Lipinski definition) is 0. The summed E-state index contributed by atoms with van der Waals surface area (Å²) in [7, 11) is 1.62. The van der Waals surface area contributed by atoms with Crippen LogP contribution in [0.2, 0.25) is 0 Å². The van der Waals surface area contributed by atoms with Crippen LogP contribution in [0.15, 0.2) is 30.3 Å². The molecule has 0 amide bonds. The number of esters is 2. The number of ether oxygens (including phenoxy) is 3. The van der Waals surface area contributed by atoms with Crippen molar-refractivity contribution in [3.63, 3.8) is 0 Å². The normalized spacial score (nSPS) is 8.27. The second-order valence-electron chi connectivity index (χ2n) is 5.17. The molecule has 0 fully saturated rings. The van der Waals surface area contributed by atoms with Crippen molar-refractivity contribution in [3.05, 3.63) is 35.9 Å². The topological polar surface area (TPSA) is 78.9 Å². The quantitative estimate of drug-likeness (QED) is 0.580. The van der Waals surface area contributed by atoms with Gasteiger partial charge in [-0.1, -0.05) is 35.9 Å². The largest absolute Gasteiger partial charge is 0.466 e. The lowest BCUT2D eigenvalue weighted by atomic mass is 10.2. The summed E-state index contributed by atoms with van der Waals surface area (Å²) in [6.07, 6.45) is 0.774. The Morgan fingerprint density at radius 1 is 0.846 bits per heavy atom. The zero-order valence-corrected chi connectivity index (χ0v) is 17.2. The molecule has 0 N–H and O–H groups in total. The molecule has 0 aliphatic carbocycles. The molecule has 0 aromatic heterocycles. The number of benzene rings is 1. The van der Waals surface area contributed by atoms with E-state index in [0.717, 1.165) is 6.42 Å². The highest BCUT2D eigenvalue weighted by molar-refractivity contribution is 5.72. The van der Waals surface area contributed by atoms with Crippen molar-refractivity contribution in [2.75, 3.05) is 26.9 Å². The third-order valence-corrected chi connectivity index (χ3v) is 2.09. The number of hydrogen-bond acceptors (Lipinski definition) is 6. The zero-order chi connectivity index (χ0) is 20.8. The Balaban J connectivity index is -0.000000282. The maximum Gasteiger partial charge on any atom is 0.302 e. The summed E-state index contributed by atoms with van der Waals surface area (Å²) in [6, 6.07) is 10.3. The molecule has 0 aliphatic rings. The van der Waals surface area contributed by atoms with Gasteiger partial charge in [-0.15, -0.1) is 0 Å². The summed E-state index contributed by atoms with van der Waals surface area (Å²) in [6.45, 7) is 11.3. The average molecular weight is 370 g/mol. The van der Waals surface area contributed by atoms with Gasteiger partial charge in [-0.25, -0.2) is 0 Å².